The summed E-state index contributed by atoms with van der Waals surface area (Å²) in [6, 6.07) is 15.9. The Labute approximate surface area is 157 Å². The van der Waals surface area contributed by atoms with E-state index in [9.17, 15) is 9.59 Å². The molecule has 0 fully saturated rings. The lowest BCUT2D eigenvalue weighted by atomic mass is 9.95. The monoisotopic (exact) mass is 370 g/mol. The first-order valence-corrected chi connectivity index (χ1v) is 8.67. The van der Waals surface area contributed by atoms with E-state index in [1.54, 1.807) is 31.2 Å². The first-order chi connectivity index (χ1) is 12.5. The molecule has 26 heavy (non-hydrogen) atoms. The lowest BCUT2D eigenvalue weighted by molar-refractivity contribution is -0.139. The van der Waals surface area contributed by atoms with E-state index < -0.39 is 12.0 Å². The molecule has 0 radical (unpaired) electrons. The first-order valence-electron chi connectivity index (χ1n) is 8.29. The number of esters is 1. The zero-order valence-corrected chi connectivity index (χ0v) is 15.0. The average Bonchev–Trinajstić information content (AvgIpc) is 2.62. The van der Waals surface area contributed by atoms with Crippen molar-refractivity contribution in [2.45, 2.75) is 19.4 Å². The van der Waals surface area contributed by atoms with Crippen LogP contribution in [0.3, 0.4) is 0 Å². The minimum atomic E-state index is -0.578. The van der Waals surface area contributed by atoms with Crippen molar-refractivity contribution < 1.29 is 14.3 Å². The Balaban J connectivity index is 1.75. The van der Waals surface area contributed by atoms with Gasteiger partial charge in [-0.15, -0.1) is 0 Å². The van der Waals surface area contributed by atoms with Crippen molar-refractivity contribution in [1.82, 2.24) is 10.6 Å². The molecular weight excluding hydrogens is 352 g/mol. The van der Waals surface area contributed by atoms with E-state index in [4.69, 9.17) is 16.3 Å². The van der Waals surface area contributed by atoms with Gasteiger partial charge in [0, 0.05) is 17.1 Å². The van der Waals surface area contributed by atoms with E-state index in [1.165, 1.54) is 0 Å². The first kappa shape index (κ1) is 18.0. The topological polar surface area (TPSA) is 67.4 Å². The van der Waals surface area contributed by atoms with Crippen molar-refractivity contribution in [2.75, 3.05) is 6.61 Å². The number of carbonyl (C=O) groups is 2. The predicted octanol–water partition coefficient (Wildman–Crippen LogP) is 3.75. The quantitative estimate of drug-likeness (QED) is 0.787. The maximum Gasteiger partial charge on any atom is 0.338 e. The molecule has 5 nitrogen and oxygen atoms in total. The number of amides is 2. The number of halogens is 1. The second-order valence-electron chi connectivity index (χ2n) is 5.99. The SMILES string of the molecule is CC1=C(C(=O)OCCc2ccccc2)C(c2ccc(Cl)cc2)NC(=O)N1. The molecule has 0 aromatic heterocycles. The fraction of sp³-hybridized carbons (Fsp3) is 0.200. The molecule has 1 aliphatic rings. The van der Waals surface area contributed by atoms with Gasteiger partial charge in [0.2, 0.25) is 0 Å². The zero-order valence-electron chi connectivity index (χ0n) is 14.3. The van der Waals surface area contributed by atoms with Crippen molar-refractivity contribution in [3.63, 3.8) is 0 Å². The van der Waals surface area contributed by atoms with Crippen molar-refractivity contribution >= 4 is 23.6 Å². The molecule has 1 aliphatic heterocycles. The number of carbonyl (C=O) groups excluding carboxylic acids is 2. The van der Waals surface area contributed by atoms with Gasteiger partial charge in [0.25, 0.3) is 0 Å². The van der Waals surface area contributed by atoms with E-state index >= 15 is 0 Å². The molecule has 0 aliphatic carbocycles. The van der Waals surface area contributed by atoms with Crippen LogP contribution in [0.5, 0.6) is 0 Å². The molecule has 0 saturated carbocycles. The molecule has 134 valence electrons. The van der Waals surface area contributed by atoms with Gasteiger partial charge in [-0.2, -0.15) is 0 Å². The normalized spacial score (nSPS) is 16.7. The maximum absolute atomic E-state index is 12.7. The molecule has 3 rings (SSSR count). The number of ether oxygens (including phenoxy) is 1. The van der Waals surface area contributed by atoms with Crippen LogP contribution >= 0.6 is 11.6 Å². The molecule has 0 spiro atoms. The Bertz CT molecular complexity index is 832. The summed E-state index contributed by atoms with van der Waals surface area (Å²) in [7, 11) is 0. The van der Waals surface area contributed by atoms with Crippen LogP contribution in [0.4, 0.5) is 4.79 Å². The van der Waals surface area contributed by atoms with Gasteiger partial charge >= 0.3 is 12.0 Å². The predicted molar refractivity (Wildman–Crippen MR) is 99.7 cm³/mol. The Morgan fingerprint density at radius 1 is 1.12 bits per heavy atom. The molecule has 0 saturated heterocycles. The largest absolute Gasteiger partial charge is 0.462 e. The molecule has 2 N–H and O–H groups in total. The van der Waals surface area contributed by atoms with Gasteiger partial charge in [-0.3, -0.25) is 0 Å². The van der Waals surface area contributed by atoms with Crippen molar-refractivity contribution in [3.8, 4) is 0 Å². The Hall–Kier alpha value is -2.79. The fourth-order valence-electron chi connectivity index (χ4n) is 2.85. The Morgan fingerprint density at radius 2 is 1.81 bits per heavy atom. The third-order valence-corrected chi connectivity index (χ3v) is 4.41. The molecule has 1 atom stereocenters. The molecule has 0 bridgehead atoms. The number of nitrogens with one attached hydrogen (secondary N) is 2. The van der Waals surface area contributed by atoms with Gasteiger partial charge in [0.1, 0.15) is 0 Å². The highest BCUT2D eigenvalue weighted by Gasteiger charge is 2.32. The van der Waals surface area contributed by atoms with Crippen molar-refractivity contribution in [2.24, 2.45) is 0 Å². The second kappa shape index (κ2) is 8.06. The number of rotatable bonds is 5. The smallest absolute Gasteiger partial charge is 0.338 e. The Morgan fingerprint density at radius 3 is 2.50 bits per heavy atom. The summed E-state index contributed by atoms with van der Waals surface area (Å²) >= 11 is 5.93. The molecule has 2 aromatic rings. The fourth-order valence-corrected chi connectivity index (χ4v) is 2.98. The van der Waals surface area contributed by atoms with Crippen LogP contribution in [0.15, 0.2) is 65.9 Å². The lowest BCUT2D eigenvalue weighted by Gasteiger charge is -2.28. The second-order valence-corrected chi connectivity index (χ2v) is 6.43. The summed E-state index contributed by atoms with van der Waals surface area (Å²) in [6.45, 7) is 1.95. The molecule has 2 amide bonds. The van der Waals surface area contributed by atoms with E-state index in [-0.39, 0.29) is 12.6 Å². The molecule has 6 heteroatoms. The van der Waals surface area contributed by atoms with Gasteiger partial charge in [-0.1, -0.05) is 54.1 Å². The van der Waals surface area contributed by atoms with E-state index in [0.29, 0.717) is 22.7 Å². The molecule has 1 unspecified atom stereocenters. The van der Waals surface area contributed by atoms with Crippen LogP contribution in [0, 0.1) is 0 Å². The van der Waals surface area contributed by atoms with Crippen LogP contribution in [-0.4, -0.2) is 18.6 Å². The van der Waals surface area contributed by atoms with E-state index in [1.807, 2.05) is 30.3 Å². The standard InChI is InChI=1S/C20H19ClN2O3/c1-13-17(19(24)26-12-11-14-5-3-2-4-6-14)18(23-20(25)22-13)15-7-9-16(21)10-8-15/h2-10,18H,11-12H2,1H3,(H2,22,23,25). The summed E-state index contributed by atoms with van der Waals surface area (Å²) < 4.78 is 5.45. The summed E-state index contributed by atoms with van der Waals surface area (Å²) in [5.74, 6) is -0.453. The van der Waals surface area contributed by atoms with Gasteiger partial charge in [0.15, 0.2) is 0 Å². The highest BCUT2D eigenvalue weighted by Crippen LogP contribution is 2.28. The average molecular weight is 371 g/mol. The van der Waals surface area contributed by atoms with Gasteiger partial charge in [-0.25, -0.2) is 9.59 Å². The Kier molecular flexibility index (Phi) is 5.58. The summed E-state index contributed by atoms with van der Waals surface area (Å²) in [4.78, 5) is 24.5. The van der Waals surface area contributed by atoms with Crippen LogP contribution in [0.25, 0.3) is 0 Å². The lowest BCUT2D eigenvalue weighted by Crippen LogP contribution is -2.45. The van der Waals surface area contributed by atoms with Gasteiger partial charge in [-0.05, 0) is 30.2 Å². The van der Waals surface area contributed by atoms with E-state index in [2.05, 4.69) is 10.6 Å². The number of hydrogen-bond donors (Lipinski definition) is 2. The van der Waals surface area contributed by atoms with Gasteiger partial charge in [0.05, 0.1) is 18.2 Å². The summed E-state index contributed by atoms with van der Waals surface area (Å²) in [6.07, 6.45) is 0.629. The summed E-state index contributed by atoms with van der Waals surface area (Å²) in [5, 5.41) is 5.99. The van der Waals surface area contributed by atoms with Crippen LogP contribution in [-0.2, 0) is 16.0 Å². The number of allylic oxidation sites excluding steroid dienone is 1. The number of urea groups is 1. The molecule has 2 aromatic carbocycles. The minimum Gasteiger partial charge on any atom is -0.462 e. The van der Waals surface area contributed by atoms with Crippen LogP contribution in [0.2, 0.25) is 5.02 Å². The highest BCUT2D eigenvalue weighted by atomic mass is 35.5. The molecule has 1 heterocycles. The molecular formula is C20H19ClN2O3. The third-order valence-electron chi connectivity index (χ3n) is 4.16. The maximum atomic E-state index is 12.7. The summed E-state index contributed by atoms with van der Waals surface area (Å²) in [5.41, 5.74) is 2.73. The highest BCUT2D eigenvalue weighted by molar-refractivity contribution is 6.30. The number of benzene rings is 2. The van der Waals surface area contributed by atoms with Crippen molar-refractivity contribution in [1.29, 1.82) is 0 Å². The van der Waals surface area contributed by atoms with Gasteiger partial charge < -0.3 is 15.4 Å². The minimum absolute atomic E-state index is 0.265. The number of hydrogen-bond acceptors (Lipinski definition) is 3. The van der Waals surface area contributed by atoms with E-state index in [0.717, 1.165) is 11.1 Å². The van der Waals surface area contributed by atoms with Crippen LogP contribution in [0.1, 0.15) is 24.1 Å². The third kappa shape index (κ3) is 4.24. The zero-order chi connectivity index (χ0) is 18.5. The van der Waals surface area contributed by atoms with Crippen molar-refractivity contribution in [3.05, 3.63) is 82.0 Å². The van der Waals surface area contributed by atoms with Crippen LogP contribution < -0.4 is 10.6 Å².